The van der Waals surface area contributed by atoms with E-state index in [2.05, 4.69) is 30.8 Å². The molecule has 2 aliphatic rings. The van der Waals surface area contributed by atoms with Crippen LogP contribution in [0.5, 0.6) is 0 Å². The number of hydrogen-bond donors (Lipinski definition) is 1. The fourth-order valence-electron chi connectivity index (χ4n) is 4.59. The van der Waals surface area contributed by atoms with Gasteiger partial charge in [0.25, 0.3) is 5.65 Å². The predicted octanol–water partition coefficient (Wildman–Crippen LogP) is 0.963. The highest BCUT2D eigenvalue weighted by Crippen LogP contribution is 2.35. The van der Waals surface area contributed by atoms with Crippen LogP contribution in [0.1, 0.15) is 4.88 Å². The molecule has 0 bridgehead atoms. The number of nitrogens with one attached hydrogen (secondary N) is 2. The highest BCUT2D eigenvalue weighted by atomic mass is 32.2. The number of hydrogen-bond acceptors (Lipinski definition) is 9. The van der Waals surface area contributed by atoms with Crippen LogP contribution in [0.4, 0.5) is 5.82 Å². The van der Waals surface area contributed by atoms with Crippen LogP contribution in [0.15, 0.2) is 24.7 Å². The van der Waals surface area contributed by atoms with Gasteiger partial charge in [0.1, 0.15) is 6.20 Å². The molecule has 0 spiro atoms. The normalized spacial score (nSPS) is 18.6. The average molecular weight is 516 g/mol. The lowest BCUT2D eigenvalue weighted by molar-refractivity contribution is -0.347. The van der Waals surface area contributed by atoms with E-state index in [0.29, 0.717) is 45.2 Å². The summed E-state index contributed by atoms with van der Waals surface area (Å²) in [7, 11) is -3.14. The molecule has 35 heavy (non-hydrogen) atoms. The number of thiophene rings is 1. The Morgan fingerprint density at radius 3 is 2.69 bits per heavy atom. The van der Waals surface area contributed by atoms with Crippen LogP contribution < -0.4 is 9.88 Å². The van der Waals surface area contributed by atoms with E-state index in [1.807, 2.05) is 6.07 Å². The third kappa shape index (κ3) is 4.61. The van der Waals surface area contributed by atoms with Crippen LogP contribution >= 0.6 is 11.3 Å². The molecule has 0 radical (unpaired) electrons. The van der Waals surface area contributed by atoms with Crippen LogP contribution in [0, 0.1) is 0 Å². The van der Waals surface area contributed by atoms with E-state index in [0.717, 1.165) is 52.4 Å². The van der Waals surface area contributed by atoms with Crippen molar-refractivity contribution in [2.24, 2.45) is 0 Å². The Bertz CT molecular complexity index is 1470. The molecule has 0 atom stereocenters. The number of sulfonamides is 1. The number of aromatic nitrogens is 5. The molecule has 11 nitrogen and oxygen atoms in total. The van der Waals surface area contributed by atoms with E-state index >= 15 is 0 Å². The SMILES string of the molecule is CS(=O)(=O)N1CCN(Cc2cc3nc(-c4cnc5[nH+]c[nH]c5c4)nc(N4CCOCC4)c3s2)CC1. The quantitative estimate of drug-likeness (QED) is 0.417. The van der Waals surface area contributed by atoms with Gasteiger partial charge in [-0.25, -0.2) is 23.4 Å². The Kier molecular flexibility index (Phi) is 5.89. The van der Waals surface area contributed by atoms with Crippen molar-refractivity contribution >= 4 is 48.6 Å². The summed E-state index contributed by atoms with van der Waals surface area (Å²) in [6.07, 6.45) is 4.83. The number of anilines is 1. The smallest absolute Gasteiger partial charge is 0.299 e. The van der Waals surface area contributed by atoms with Gasteiger partial charge in [-0.05, 0) is 12.1 Å². The van der Waals surface area contributed by atoms with Gasteiger partial charge >= 0.3 is 0 Å². The van der Waals surface area contributed by atoms with E-state index in [1.54, 1.807) is 28.2 Å². The molecule has 0 aromatic carbocycles. The van der Waals surface area contributed by atoms with Crippen molar-refractivity contribution < 1.29 is 18.1 Å². The second kappa shape index (κ2) is 9.06. The van der Waals surface area contributed by atoms with Gasteiger partial charge in [0.2, 0.25) is 10.0 Å². The lowest BCUT2D eigenvalue weighted by Crippen LogP contribution is -2.47. The molecule has 13 heteroatoms. The fraction of sp³-hybridized carbons (Fsp3) is 0.455. The van der Waals surface area contributed by atoms with Crippen molar-refractivity contribution in [1.82, 2.24) is 29.1 Å². The Labute approximate surface area is 206 Å². The topological polar surface area (TPSA) is 122 Å². The number of aromatic amines is 2. The van der Waals surface area contributed by atoms with Crippen LogP contribution in [-0.2, 0) is 21.3 Å². The standard InChI is InChI=1S/C22H26N8O3S2/c1-35(31,32)30-4-2-28(3-5-30)13-16-11-17-19(34-16)22(29-6-8-33-9-7-29)27-20(26-17)15-10-18-21(23-12-15)25-14-24-18/h10-12,14H,2-9,13H2,1H3,(H,23,24,25)/p+1. The predicted molar refractivity (Wildman–Crippen MR) is 134 cm³/mol. The van der Waals surface area contributed by atoms with Gasteiger partial charge in [0, 0.05) is 50.7 Å². The maximum atomic E-state index is 11.8. The second-order valence-electron chi connectivity index (χ2n) is 8.89. The molecule has 0 saturated carbocycles. The fourth-order valence-corrected chi connectivity index (χ4v) is 6.58. The first-order valence-electron chi connectivity index (χ1n) is 11.6. The third-order valence-corrected chi connectivity index (χ3v) is 8.89. The van der Waals surface area contributed by atoms with Crippen LogP contribution in [-0.4, -0.2) is 96.3 Å². The van der Waals surface area contributed by atoms with Gasteiger partial charge in [-0.3, -0.25) is 9.88 Å². The number of fused-ring (bicyclic) bond motifs is 2. The molecule has 4 aromatic rings. The molecule has 184 valence electrons. The zero-order chi connectivity index (χ0) is 24.0. The van der Waals surface area contributed by atoms with Gasteiger partial charge in [0.05, 0.1) is 35.2 Å². The van der Waals surface area contributed by atoms with Crippen molar-refractivity contribution in [2.45, 2.75) is 6.54 Å². The maximum Gasteiger partial charge on any atom is 0.299 e. The number of imidazole rings is 1. The second-order valence-corrected chi connectivity index (χ2v) is 12.0. The Hall–Kier alpha value is -2.71. The van der Waals surface area contributed by atoms with Crippen molar-refractivity contribution in [3.05, 3.63) is 29.5 Å². The van der Waals surface area contributed by atoms with E-state index in [-0.39, 0.29) is 0 Å². The zero-order valence-electron chi connectivity index (χ0n) is 19.4. The summed E-state index contributed by atoms with van der Waals surface area (Å²) in [5.74, 6) is 1.58. The van der Waals surface area contributed by atoms with Crippen molar-refractivity contribution in [3.8, 4) is 11.4 Å². The minimum atomic E-state index is -3.14. The van der Waals surface area contributed by atoms with E-state index in [1.165, 1.54) is 11.1 Å². The number of H-pyrrole nitrogens is 2. The highest BCUT2D eigenvalue weighted by molar-refractivity contribution is 7.88. The number of piperazine rings is 1. The maximum absolute atomic E-state index is 11.8. The lowest BCUT2D eigenvalue weighted by atomic mass is 10.2. The molecule has 2 saturated heterocycles. The first kappa shape index (κ1) is 22.7. The van der Waals surface area contributed by atoms with Crippen LogP contribution in [0.3, 0.4) is 0 Å². The minimum absolute atomic E-state index is 0.526. The number of nitrogens with zero attached hydrogens (tertiary/aromatic N) is 6. The van der Waals surface area contributed by atoms with Gasteiger partial charge in [-0.2, -0.15) is 4.31 Å². The first-order chi connectivity index (χ1) is 16.9. The number of morpholine rings is 1. The first-order valence-corrected chi connectivity index (χ1v) is 14.3. The van der Waals surface area contributed by atoms with Crippen LogP contribution in [0.2, 0.25) is 0 Å². The summed E-state index contributed by atoms with van der Waals surface area (Å²) in [4.78, 5) is 26.4. The summed E-state index contributed by atoms with van der Waals surface area (Å²) in [6, 6.07) is 4.16. The van der Waals surface area contributed by atoms with E-state index < -0.39 is 10.0 Å². The van der Waals surface area contributed by atoms with Gasteiger partial charge in [-0.15, -0.1) is 16.3 Å². The summed E-state index contributed by atoms with van der Waals surface area (Å²) in [5.41, 5.74) is 3.47. The number of ether oxygens (including phenoxy) is 1. The Balaban J connectivity index is 1.33. The summed E-state index contributed by atoms with van der Waals surface area (Å²) < 4.78 is 31.9. The molecule has 4 aromatic heterocycles. The zero-order valence-corrected chi connectivity index (χ0v) is 21.0. The van der Waals surface area contributed by atoms with Crippen molar-refractivity contribution in [3.63, 3.8) is 0 Å². The molecule has 0 unspecified atom stereocenters. The van der Waals surface area contributed by atoms with Gasteiger partial charge in [0.15, 0.2) is 23.5 Å². The lowest BCUT2D eigenvalue weighted by Gasteiger charge is -2.32. The summed E-state index contributed by atoms with van der Waals surface area (Å²) in [5, 5.41) is 0. The number of pyridine rings is 1. The van der Waals surface area contributed by atoms with Gasteiger partial charge < -0.3 is 9.64 Å². The molecule has 2 aliphatic heterocycles. The molecule has 6 heterocycles. The summed E-state index contributed by atoms with van der Waals surface area (Å²) in [6.45, 7) is 6.18. The Morgan fingerprint density at radius 2 is 1.91 bits per heavy atom. The molecule has 2 fully saturated rings. The summed E-state index contributed by atoms with van der Waals surface area (Å²) >= 11 is 1.72. The third-order valence-electron chi connectivity index (χ3n) is 6.48. The monoisotopic (exact) mass is 515 g/mol. The Morgan fingerprint density at radius 1 is 1.11 bits per heavy atom. The highest BCUT2D eigenvalue weighted by Gasteiger charge is 2.25. The number of rotatable bonds is 5. The average Bonchev–Trinajstić information content (AvgIpc) is 3.49. The van der Waals surface area contributed by atoms with Crippen molar-refractivity contribution in [1.29, 1.82) is 0 Å². The molecule has 0 amide bonds. The minimum Gasteiger partial charge on any atom is -0.378 e. The molecular weight excluding hydrogens is 488 g/mol. The molecule has 0 aliphatic carbocycles. The van der Waals surface area contributed by atoms with Crippen molar-refractivity contribution in [2.75, 3.05) is 63.6 Å². The van der Waals surface area contributed by atoms with Gasteiger partial charge in [-0.1, -0.05) is 0 Å². The van der Waals surface area contributed by atoms with Crippen LogP contribution in [0.25, 0.3) is 32.8 Å². The largest absolute Gasteiger partial charge is 0.378 e. The molecule has 6 rings (SSSR count). The molecule has 2 N–H and O–H groups in total. The molecular formula is C22H27N8O3S2+. The van der Waals surface area contributed by atoms with E-state index in [4.69, 9.17) is 14.7 Å². The van der Waals surface area contributed by atoms with E-state index in [9.17, 15) is 8.42 Å².